The van der Waals surface area contributed by atoms with Crippen LogP contribution in [0.4, 0.5) is 0 Å². The van der Waals surface area contributed by atoms with Gasteiger partial charge in [-0.05, 0) is 56.4 Å². The van der Waals surface area contributed by atoms with Gasteiger partial charge in [0.25, 0.3) is 5.91 Å². The second-order valence-electron chi connectivity index (χ2n) is 7.68. The van der Waals surface area contributed by atoms with Gasteiger partial charge in [0.05, 0.1) is 17.1 Å². The molecule has 2 saturated heterocycles. The van der Waals surface area contributed by atoms with Crippen LogP contribution in [0.1, 0.15) is 47.6 Å². The van der Waals surface area contributed by atoms with Gasteiger partial charge in [0.2, 0.25) is 10.0 Å². The Labute approximate surface area is 166 Å². The van der Waals surface area contributed by atoms with Crippen LogP contribution in [0.3, 0.4) is 0 Å². The van der Waals surface area contributed by atoms with Crippen molar-refractivity contribution >= 4 is 15.9 Å². The van der Waals surface area contributed by atoms with Crippen LogP contribution < -0.4 is 0 Å². The van der Waals surface area contributed by atoms with Crippen LogP contribution in [-0.4, -0.2) is 59.5 Å². The molecule has 1 aromatic carbocycles. The van der Waals surface area contributed by atoms with Crippen molar-refractivity contribution in [3.63, 3.8) is 0 Å². The molecule has 0 bridgehead atoms. The lowest BCUT2D eigenvalue weighted by Gasteiger charge is -2.33. The zero-order valence-corrected chi connectivity index (χ0v) is 16.9. The van der Waals surface area contributed by atoms with Gasteiger partial charge in [-0.3, -0.25) is 9.48 Å². The molecule has 0 N–H and O–H groups in total. The largest absolute Gasteiger partial charge is 0.337 e. The summed E-state index contributed by atoms with van der Waals surface area (Å²) in [6, 6.07) is 6.62. The van der Waals surface area contributed by atoms with E-state index in [2.05, 4.69) is 5.10 Å². The first kappa shape index (κ1) is 19.1. The molecular weight excluding hydrogens is 376 g/mol. The summed E-state index contributed by atoms with van der Waals surface area (Å²) >= 11 is 0. The summed E-state index contributed by atoms with van der Waals surface area (Å²) in [5, 5.41) is 4.39. The molecule has 2 aliphatic rings. The van der Waals surface area contributed by atoms with Crippen molar-refractivity contribution in [2.75, 3.05) is 26.2 Å². The number of aromatic nitrogens is 2. The van der Waals surface area contributed by atoms with Crippen LogP contribution in [0.15, 0.2) is 41.6 Å². The second kappa shape index (κ2) is 7.67. The Kier molecular flexibility index (Phi) is 5.25. The number of sulfonamides is 1. The Hall–Kier alpha value is -2.19. The van der Waals surface area contributed by atoms with E-state index in [1.807, 2.05) is 28.9 Å². The number of amides is 1. The highest BCUT2D eigenvalue weighted by Crippen LogP contribution is 2.25. The first-order chi connectivity index (χ1) is 13.4. The number of nitrogens with zero attached hydrogens (tertiary/aromatic N) is 4. The standard InChI is InChI=1S/C20H26N4O3S/c1-16-13-21-24(14-16)18-7-5-9-22(15-18)20(25)17-6-4-8-19(12-17)28(26,27)23-10-2-3-11-23/h4,6,8,12-14,18H,2-3,5,7,9-11,15H2,1H3. The van der Waals surface area contributed by atoms with E-state index in [4.69, 9.17) is 0 Å². The summed E-state index contributed by atoms with van der Waals surface area (Å²) in [5.41, 5.74) is 1.53. The summed E-state index contributed by atoms with van der Waals surface area (Å²) in [6.07, 6.45) is 7.49. The van der Waals surface area contributed by atoms with Gasteiger partial charge < -0.3 is 4.90 Å². The van der Waals surface area contributed by atoms with E-state index in [9.17, 15) is 13.2 Å². The van der Waals surface area contributed by atoms with E-state index < -0.39 is 10.0 Å². The van der Waals surface area contributed by atoms with Crippen molar-refractivity contribution in [3.8, 4) is 0 Å². The number of rotatable bonds is 4. The summed E-state index contributed by atoms with van der Waals surface area (Å²) in [5.74, 6) is -0.118. The smallest absolute Gasteiger partial charge is 0.253 e. The van der Waals surface area contributed by atoms with Gasteiger partial charge in [-0.15, -0.1) is 0 Å². The molecule has 0 radical (unpaired) electrons. The molecule has 0 saturated carbocycles. The van der Waals surface area contributed by atoms with E-state index in [1.165, 1.54) is 10.4 Å². The highest BCUT2D eigenvalue weighted by Gasteiger charge is 2.29. The number of carbonyl (C=O) groups is 1. The van der Waals surface area contributed by atoms with E-state index in [-0.39, 0.29) is 16.8 Å². The first-order valence-electron chi connectivity index (χ1n) is 9.85. The zero-order valence-electron chi connectivity index (χ0n) is 16.1. The van der Waals surface area contributed by atoms with E-state index in [1.54, 1.807) is 18.2 Å². The maximum Gasteiger partial charge on any atom is 0.253 e. The van der Waals surface area contributed by atoms with Crippen LogP contribution in [-0.2, 0) is 10.0 Å². The quantitative estimate of drug-likeness (QED) is 0.787. The minimum atomic E-state index is -3.53. The fourth-order valence-corrected chi connectivity index (χ4v) is 5.60. The van der Waals surface area contributed by atoms with Crippen molar-refractivity contribution in [1.82, 2.24) is 19.0 Å². The van der Waals surface area contributed by atoms with Gasteiger partial charge in [-0.2, -0.15) is 9.40 Å². The highest BCUT2D eigenvalue weighted by atomic mass is 32.2. The molecule has 8 heteroatoms. The van der Waals surface area contributed by atoms with Crippen molar-refractivity contribution in [3.05, 3.63) is 47.8 Å². The van der Waals surface area contributed by atoms with Crippen molar-refractivity contribution in [2.45, 2.75) is 43.5 Å². The fourth-order valence-electron chi connectivity index (χ4n) is 4.04. The van der Waals surface area contributed by atoms with Gasteiger partial charge in [0.15, 0.2) is 0 Å². The molecule has 28 heavy (non-hydrogen) atoms. The monoisotopic (exact) mass is 402 g/mol. The highest BCUT2D eigenvalue weighted by molar-refractivity contribution is 7.89. The lowest BCUT2D eigenvalue weighted by Crippen LogP contribution is -2.41. The molecule has 2 fully saturated rings. The summed E-state index contributed by atoms with van der Waals surface area (Å²) < 4.78 is 29.1. The van der Waals surface area contributed by atoms with Crippen LogP contribution in [0.5, 0.6) is 0 Å². The molecule has 4 rings (SSSR count). The van der Waals surface area contributed by atoms with Crippen molar-refractivity contribution < 1.29 is 13.2 Å². The Morgan fingerprint density at radius 1 is 1.14 bits per heavy atom. The molecule has 2 aromatic rings. The van der Waals surface area contributed by atoms with Gasteiger partial charge >= 0.3 is 0 Å². The van der Waals surface area contributed by atoms with Gasteiger partial charge in [-0.25, -0.2) is 8.42 Å². The van der Waals surface area contributed by atoms with Crippen LogP contribution in [0, 0.1) is 6.92 Å². The number of carbonyl (C=O) groups excluding carboxylic acids is 1. The Bertz CT molecular complexity index is 963. The average molecular weight is 403 g/mol. The molecule has 1 atom stereocenters. The normalized spacial score (nSPS) is 21.2. The third-order valence-electron chi connectivity index (χ3n) is 5.57. The van der Waals surface area contributed by atoms with Crippen molar-refractivity contribution in [1.29, 1.82) is 0 Å². The number of aryl methyl sites for hydroxylation is 1. The van der Waals surface area contributed by atoms with Gasteiger partial charge in [0.1, 0.15) is 0 Å². The Balaban J connectivity index is 1.53. The number of hydrogen-bond donors (Lipinski definition) is 0. The minimum Gasteiger partial charge on any atom is -0.337 e. The topological polar surface area (TPSA) is 75.5 Å². The minimum absolute atomic E-state index is 0.118. The number of benzene rings is 1. The van der Waals surface area contributed by atoms with Gasteiger partial charge in [0, 0.05) is 37.9 Å². The molecule has 7 nitrogen and oxygen atoms in total. The number of piperidine rings is 1. The molecule has 0 aliphatic carbocycles. The molecular formula is C20H26N4O3S. The maximum atomic E-state index is 13.1. The molecule has 1 unspecified atom stereocenters. The van der Waals surface area contributed by atoms with Crippen LogP contribution in [0.2, 0.25) is 0 Å². The Morgan fingerprint density at radius 2 is 1.93 bits per heavy atom. The Morgan fingerprint density at radius 3 is 2.64 bits per heavy atom. The van der Waals surface area contributed by atoms with E-state index >= 15 is 0 Å². The molecule has 3 heterocycles. The number of hydrogen-bond acceptors (Lipinski definition) is 4. The third kappa shape index (κ3) is 3.71. The second-order valence-corrected chi connectivity index (χ2v) is 9.62. The summed E-state index contributed by atoms with van der Waals surface area (Å²) in [6.45, 7) is 4.37. The molecule has 1 aromatic heterocycles. The summed E-state index contributed by atoms with van der Waals surface area (Å²) in [4.78, 5) is 15.1. The molecule has 2 aliphatic heterocycles. The molecule has 1 amide bonds. The molecule has 150 valence electrons. The molecule has 0 spiro atoms. The lowest BCUT2D eigenvalue weighted by atomic mass is 10.0. The maximum absolute atomic E-state index is 13.1. The van der Waals surface area contributed by atoms with E-state index in [0.29, 0.717) is 31.7 Å². The van der Waals surface area contributed by atoms with Gasteiger partial charge in [-0.1, -0.05) is 6.07 Å². The predicted octanol–water partition coefficient (Wildman–Crippen LogP) is 2.45. The van der Waals surface area contributed by atoms with E-state index in [0.717, 1.165) is 31.2 Å². The van der Waals surface area contributed by atoms with Crippen LogP contribution >= 0.6 is 0 Å². The number of likely N-dealkylation sites (tertiary alicyclic amines) is 1. The zero-order chi connectivity index (χ0) is 19.7. The predicted molar refractivity (Wildman–Crippen MR) is 106 cm³/mol. The third-order valence-corrected chi connectivity index (χ3v) is 7.47. The first-order valence-corrected chi connectivity index (χ1v) is 11.3. The van der Waals surface area contributed by atoms with Crippen molar-refractivity contribution in [2.24, 2.45) is 0 Å². The SMILES string of the molecule is Cc1cnn(C2CCCN(C(=O)c3cccc(S(=O)(=O)N4CCCC4)c3)C2)c1. The van der Waals surface area contributed by atoms with Crippen LogP contribution in [0.25, 0.3) is 0 Å². The lowest BCUT2D eigenvalue weighted by molar-refractivity contribution is 0.0672. The average Bonchev–Trinajstić information content (AvgIpc) is 3.40. The summed E-state index contributed by atoms with van der Waals surface area (Å²) in [7, 11) is -3.53. The fraction of sp³-hybridized carbons (Fsp3) is 0.500.